The summed E-state index contributed by atoms with van der Waals surface area (Å²) in [5, 5.41) is 3.67. The summed E-state index contributed by atoms with van der Waals surface area (Å²) in [6.45, 7) is 8.56. The summed E-state index contributed by atoms with van der Waals surface area (Å²) in [5.41, 5.74) is 1.68. The normalized spacial score (nSPS) is 25.7. The smallest absolute Gasteiger partial charge is 0.0655 e. The molecule has 1 aliphatic rings. The van der Waals surface area contributed by atoms with Crippen LogP contribution in [-0.2, 0) is 11.2 Å². The molecule has 2 atom stereocenters. The van der Waals surface area contributed by atoms with Gasteiger partial charge in [-0.15, -0.1) is 0 Å². The molecule has 2 rings (SSSR count). The van der Waals surface area contributed by atoms with E-state index in [1.165, 1.54) is 5.56 Å². The third-order valence-corrected chi connectivity index (χ3v) is 4.19. The van der Waals surface area contributed by atoms with Gasteiger partial charge in [0, 0.05) is 18.1 Å². The molecule has 1 saturated carbocycles. The van der Waals surface area contributed by atoms with E-state index < -0.39 is 0 Å². The van der Waals surface area contributed by atoms with Gasteiger partial charge in [-0.2, -0.15) is 0 Å². The topological polar surface area (TPSA) is 21.3 Å². The lowest BCUT2D eigenvalue weighted by Gasteiger charge is -2.52. The minimum Gasteiger partial charge on any atom is -0.378 e. The Morgan fingerprint density at radius 1 is 1.28 bits per heavy atom. The molecule has 1 aromatic carbocycles. The molecule has 100 valence electrons. The van der Waals surface area contributed by atoms with Gasteiger partial charge in [0.1, 0.15) is 0 Å². The van der Waals surface area contributed by atoms with Crippen molar-refractivity contribution in [2.75, 3.05) is 13.2 Å². The molecule has 0 aromatic heterocycles. The molecule has 0 bridgehead atoms. The van der Waals surface area contributed by atoms with Gasteiger partial charge in [0.15, 0.2) is 0 Å². The Labute approximate surface area is 111 Å². The fourth-order valence-corrected chi connectivity index (χ4v) is 2.75. The lowest BCUT2D eigenvalue weighted by atomic mass is 9.64. The molecule has 0 saturated heterocycles. The predicted octanol–water partition coefficient (Wildman–Crippen LogP) is 3.02. The van der Waals surface area contributed by atoms with E-state index in [9.17, 15) is 0 Å². The first kappa shape index (κ1) is 13.6. The second kappa shape index (κ2) is 5.85. The van der Waals surface area contributed by atoms with Gasteiger partial charge >= 0.3 is 0 Å². The van der Waals surface area contributed by atoms with Gasteiger partial charge in [0.05, 0.1) is 6.10 Å². The molecule has 2 nitrogen and oxygen atoms in total. The van der Waals surface area contributed by atoms with Crippen LogP contribution in [0.2, 0.25) is 0 Å². The highest BCUT2D eigenvalue weighted by atomic mass is 16.5. The van der Waals surface area contributed by atoms with Crippen LogP contribution in [0, 0.1) is 5.41 Å². The quantitative estimate of drug-likeness (QED) is 0.834. The van der Waals surface area contributed by atoms with Gasteiger partial charge in [-0.1, -0.05) is 44.2 Å². The van der Waals surface area contributed by atoms with Crippen LogP contribution in [0.5, 0.6) is 0 Å². The largest absolute Gasteiger partial charge is 0.378 e. The van der Waals surface area contributed by atoms with Crippen molar-refractivity contribution in [3.05, 3.63) is 35.9 Å². The number of hydrogen-bond donors (Lipinski definition) is 1. The van der Waals surface area contributed by atoms with Crippen molar-refractivity contribution in [3.63, 3.8) is 0 Å². The van der Waals surface area contributed by atoms with Gasteiger partial charge < -0.3 is 10.1 Å². The Morgan fingerprint density at radius 3 is 2.61 bits per heavy atom. The highest BCUT2D eigenvalue weighted by molar-refractivity contribution is 5.15. The zero-order valence-electron chi connectivity index (χ0n) is 11.8. The molecule has 18 heavy (non-hydrogen) atoms. The molecule has 2 heteroatoms. The molecule has 2 unspecified atom stereocenters. The zero-order chi connectivity index (χ0) is 13.0. The van der Waals surface area contributed by atoms with E-state index in [1.54, 1.807) is 0 Å². The van der Waals surface area contributed by atoms with Crippen LogP contribution >= 0.6 is 0 Å². The van der Waals surface area contributed by atoms with Crippen LogP contribution < -0.4 is 5.32 Å². The van der Waals surface area contributed by atoms with E-state index in [0.717, 1.165) is 26.0 Å². The van der Waals surface area contributed by atoms with E-state index in [-0.39, 0.29) is 5.41 Å². The van der Waals surface area contributed by atoms with Crippen molar-refractivity contribution in [1.29, 1.82) is 0 Å². The summed E-state index contributed by atoms with van der Waals surface area (Å²) >= 11 is 0. The summed E-state index contributed by atoms with van der Waals surface area (Å²) in [6.07, 6.45) is 2.68. The van der Waals surface area contributed by atoms with Gasteiger partial charge in [-0.25, -0.2) is 0 Å². The number of ether oxygens (including phenoxy) is 1. The van der Waals surface area contributed by atoms with E-state index in [1.807, 2.05) is 0 Å². The summed E-state index contributed by atoms with van der Waals surface area (Å²) in [4.78, 5) is 0. The van der Waals surface area contributed by atoms with Crippen molar-refractivity contribution in [2.24, 2.45) is 5.41 Å². The molecule has 1 N–H and O–H groups in total. The Morgan fingerprint density at radius 2 is 2.00 bits per heavy atom. The highest BCUT2D eigenvalue weighted by Crippen LogP contribution is 2.42. The van der Waals surface area contributed by atoms with E-state index in [2.05, 4.69) is 56.4 Å². The lowest BCUT2D eigenvalue weighted by Crippen LogP contribution is -2.61. The highest BCUT2D eigenvalue weighted by Gasteiger charge is 2.48. The van der Waals surface area contributed by atoms with Crippen LogP contribution in [0.25, 0.3) is 0 Å². The second-order valence-electron chi connectivity index (χ2n) is 5.74. The molecule has 0 aliphatic heterocycles. The summed E-state index contributed by atoms with van der Waals surface area (Å²) < 4.78 is 5.75. The maximum atomic E-state index is 5.75. The SMILES string of the molecule is CCOC1CC(NCCc2ccccc2)C1(C)C. The zero-order valence-corrected chi connectivity index (χ0v) is 11.8. The average molecular weight is 247 g/mol. The molecule has 0 radical (unpaired) electrons. The van der Waals surface area contributed by atoms with Crippen molar-refractivity contribution in [2.45, 2.75) is 45.8 Å². The maximum absolute atomic E-state index is 5.75. The summed E-state index contributed by atoms with van der Waals surface area (Å²) in [6, 6.07) is 11.3. The predicted molar refractivity (Wildman–Crippen MR) is 75.7 cm³/mol. The van der Waals surface area contributed by atoms with Crippen LogP contribution in [0.3, 0.4) is 0 Å². The van der Waals surface area contributed by atoms with Gasteiger partial charge in [0.25, 0.3) is 0 Å². The molecule has 1 aromatic rings. The minimum absolute atomic E-state index is 0.271. The standard InChI is InChI=1S/C16H25NO/c1-4-18-15-12-14(16(15,2)3)17-11-10-13-8-6-5-7-9-13/h5-9,14-15,17H,4,10-12H2,1-3H3. The lowest BCUT2D eigenvalue weighted by molar-refractivity contribution is -0.113. The Bertz CT molecular complexity index is 361. The molecule has 1 aliphatic carbocycles. The number of rotatable bonds is 6. The van der Waals surface area contributed by atoms with Crippen molar-refractivity contribution in [3.8, 4) is 0 Å². The molecule has 0 heterocycles. The Kier molecular flexibility index (Phi) is 4.41. The van der Waals surface area contributed by atoms with Gasteiger partial charge in [-0.3, -0.25) is 0 Å². The molecule has 0 spiro atoms. The van der Waals surface area contributed by atoms with E-state index in [4.69, 9.17) is 4.74 Å². The third kappa shape index (κ3) is 2.93. The van der Waals surface area contributed by atoms with Crippen LogP contribution in [-0.4, -0.2) is 25.3 Å². The first-order chi connectivity index (χ1) is 8.64. The average Bonchev–Trinajstić information content (AvgIpc) is 2.38. The number of benzene rings is 1. The van der Waals surface area contributed by atoms with Crippen molar-refractivity contribution >= 4 is 0 Å². The fourth-order valence-electron chi connectivity index (χ4n) is 2.75. The number of nitrogens with one attached hydrogen (secondary N) is 1. The summed E-state index contributed by atoms with van der Waals surface area (Å²) in [7, 11) is 0. The number of hydrogen-bond acceptors (Lipinski definition) is 2. The third-order valence-electron chi connectivity index (χ3n) is 4.19. The second-order valence-corrected chi connectivity index (χ2v) is 5.74. The molecule has 1 fully saturated rings. The Balaban J connectivity index is 1.73. The van der Waals surface area contributed by atoms with Gasteiger partial charge in [-0.05, 0) is 31.9 Å². The summed E-state index contributed by atoms with van der Waals surface area (Å²) in [5.74, 6) is 0. The monoisotopic (exact) mass is 247 g/mol. The van der Waals surface area contributed by atoms with Crippen molar-refractivity contribution < 1.29 is 4.74 Å². The van der Waals surface area contributed by atoms with E-state index in [0.29, 0.717) is 12.1 Å². The fraction of sp³-hybridized carbons (Fsp3) is 0.625. The first-order valence-corrected chi connectivity index (χ1v) is 7.03. The Hall–Kier alpha value is -0.860. The maximum Gasteiger partial charge on any atom is 0.0655 e. The van der Waals surface area contributed by atoms with Crippen LogP contribution in [0.15, 0.2) is 30.3 Å². The minimum atomic E-state index is 0.271. The molecule has 0 amide bonds. The van der Waals surface area contributed by atoms with E-state index >= 15 is 0 Å². The molecular weight excluding hydrogens is 222 g/mol. The van der Waals surface area contributed by atoms with Crippen LogP contribution in [0.1, 0.15) is 32.8 Å². The van der Waals surface area contributed by atoms with Gasteiger partial charge in [0.2, 0.25) is 0 Å². The van der Waals surface area contributed by atoms with Crippen molar-refractivity contribution in [1.82, 2.24) is 5.32 Å². The molecular formula is C16H25NO. The van der Waals surface area contributed by atoms with Crippen LogP contribution in [0.4, 0.5) is 0 Å². The first-order valence-electron chi connectivity index (χ1n) is 7.03.